The fourth-order valence-electron chi connectivity index (χ4n) is 1.78. The summed E-state index contributed by atoms with van der Waals surface area (Å²) in [5.74, 6) is 0.992. The zero-order chi connectivity index (χ0) is 9.14. The highest BCUT2D eigenvalue weighted by atomic mass is 16.5. The Labute approximate surface area is 74.9 Å². The number of rotatable bonds is 3. The van der Waals surface area contributed by atoms with Crippen molar-refractivity contribution < 1.29 is 9.84 Å². The molecule has 0 amide bonds. The Morgan fingerprint density at radius 2 is 2.08 bits per heavy atom. The maximum absolute atomic E-state index is 9.48. The minimum atomic E-state index is -0.0919. The molecule has 0 aliphatic heterocycles. The molecular formula is C10H20O2. The smallest absolute Gasteiger partial charge is 0.0569 e. The van der Waals surface area contributed by atoms with Gasteiger partial charge in [0.1, 0.15) is 0 Å². The molecule has 0 saturated heterocycles. The Bertz CT molecular complexity index is 134. The first-order valence-corrected chi connectivity index (χ1v) is 4.91. The fraction of sp³-hybridized carbons (Fsp3) is 1.00. The Kier molecular flexibility index (Phi) is 3.53. The van der Waals surface area contributed by atoms with Gasteiger partial charge < -0.3 is 9.84 Å². The molecule has 0 heterocycles. The summed E-state index contributed by atoms with van der Waals surface area (Å²) in [6, 6.07) is 0. The third kappa shape index (κ3) is 2.46. The summed E-state index contributed by atoms with van der Waals surface area (Å²) in [6.45, 7) is 7.04. The quantitative estimate of drug-likeness (QED) is 0.703. The molecule has 3 atom stereocenters. The van der Waals surface area contributed by atoms with Gasteiger partial charge in [0, 0.05) is 0 Å². The van der Waals surface area contributed by atoms with Crippen LogP contribution in [0.15, 0.2) is 0 Å². The Morgan fingerprint density at radius 3 is 2.50 bits per heavy atom. The summed E-state index contributed by atoms with van der Waals surface area (Å²) < 4.78 is 5.53. The van der Waals surface area contributed by atoms with Crippen molar-refractivity contribution in [2.75, 3.05) is 6.61 Å². The average molecular weight is 172 g/mol. The van der Waals surface area contributed by atoms with Crippen molar-refractivity contribution in [3.05, 3.63) is 0 Å². The fourth-order valence-corrected chi connectivity index (χ4v) is 1.78. The number of hydrogen-bond donors (Lipinski definition) is 1. The van der Waals surface area contributed by atoms with E-state index >= 15 is 0 Å². The van der Waals surface area contributed by atoms with Crippen molar-refractivity contribution in [3.63, 3.8) is 0 Å². The van der Waals surface area contributed by atoms with Gasteiger partial charge >= 0.3 is 0 Å². The van der Waals surface area contributed by atoms with Gasteiger partial charge in [0.05, 0.1) is 18.8 Å². The molecule has 1 aliphatic carbocycles. The molecule has 1 aliphatic rings. The van der Waals surface area contributed by atoms with Gasteiger partial charge in [-0.25, -0.2) is 0 Å². The van der Waals surface area contributed by atoms with Crippen LogP contribution in [0.2, 0.25) is 0 Å². The number of ether oxygens (including phenoxy) is 1. The first kappa shape index (κ1) is 10.0. The van der Waals surface area contributed by atoms with Crippen LogP contribution in [0.3, 0.4) is 0 Å². The Balaban J connectivity index is 2.24. The lowest BCUT2D eigenvalue weighted by atomic mass is 9.98. The van der Waals surface area contributed by atoms with Gasteiger partial charge in [0.2, 0.25) is 0 Å². The Morgan fingerprint density at radius 1 is 1.42 bits per heavy atom. The molecule has 0 aromatic rings. The topological polar surface area (TPSA) is 29.5 Å². The molecule has 1 N–H and O–H groups in total. The molecule has 12 heavy (non-hydrogen) atoms. The second kappa shape index (κ2) is 4.24. The molecule has 0 spiro atoms. The highest BCUT2D eigenvalue weighted by Crippen LogP contribution is 2.31. The SMILES string of the molecule is CC(C)OCC1CCC(O)C1C. The van der Waals surface area contributed by atoms with E-state index < -0.39 is 0 Å². The standard InChI is InChI=1S/C10H20O2/c1-7(2)12-6-9-4-5-10(11)8(9)3/h7-11H,4-6H2,1-3H3. The summed E-state index contributed by atoms with van der Waals surface area (Å²) in [5.41, 5.74) is 0. The lowest BCUT2D eigenvalue weighted by Gasteiger charge is -2.18. The molecule has 2 nitrogen and oxygen atoms in total. The monoisotopic (exact) mass is 172 g/mol. The zero-order valence-electron chi connectivity index (χ0n) is 8.29. The number of aliphatic hydroxyl groups is 1. The van der Waals surface area contributed by atoms with Gasteiger partial charge in [-0.1, -0.05) is 6.92 Å². The van der Waals surface area contributed by atoms with E-state index in [9.17, 15) is 5.11 Å². The van der Waals surface area contributed by atoms with Gasteiger partial charge in [-0.2, -0.15) is 0 Å². The third-order valence-corrected chi connectivity index (χ3v) is 2.83. The second-order valence-electron chi connectivity index (χ2n) is 4.15. The van der Waals surface area contributed by atoms with E-state index in [2.05, 4.69) is 20.8 Å². The lowest BCUT2D eigenvalue weighted by Crippen LogP contribution is -2.20. The van der Waals surface area contributed by atoms with Crippen LogP contribution >= 0.6 is 0 Å². The van der Waals surface area contributed by atoms with Crippen LogP contribution in [-0.2, 0) is 4.74 Å². The largest absolute Gasteiger partial charge is 0.393 e. The molecule has 1 fully saturated rings. The predicted molar refractivity (Wildman–Crippen MR) is 49.0 cm³/mol. The van der Waals surface area contributed by atoms with Crippen molar-refractivity contribution in [2.24, 2.45) is 11.8 Å². The maximum atomic E-state index is 9.48. The summed E-state index contributed by atoms with van der Waals surface area (Å²) >= 11 is 0. The lowest BCUT2D eigenvalue weighted by molar-refractivity contribution is 0.0310. The van der Waals surface area contributed by atoms with Crippen LogP contribution in [0.4, 0.5) is 0 Å². The summed E-state index contributed by atoms with van der Waals surface area (Å²) in [5, 5.41) is 9.48. The van der Waals surface area contributed by atoms with E-state index in [1.165, 1.54) is 0 Å². The average Bonchev–Trinajstić information content (AvgIpc) is 2.30. The first-order valence-electron chi connectivity index (χ1n) is 4.91. The van der Waals surface area contributed by atoms with Gasteiger partial charge in [0.25, 0.3) is 0 Å². The van der Waals surface area contributed by atoms with E-state index in [0.29, 0.717) is 17.9 Å². The zero-order valence-corrected chi connectivity index (χ0v) is 8.29. The third-order valence-electron chi connectivity index (χ3n) is 2.83. The second-order valence-corrected chi connectivity index (χ2v) is 4.15. The maximum Gasteiger partial charge on any atom is 0.0569 e. The van der Waals surface area contributed by atoms with E-state index in [4.69, 9.17) is 4.74 Å². The van der Waals surface area contributed by atoms with Crippen LogP contribution in [-0.4, -0.2) is 23.9 Å². The normalized spacial score (nSPS) is 36.2. The molecule has 1 saturated carbocycles. The number of aliphatic hydroxyl groups excluding tert-OH is 1. The van der Waals surface area contributed by atoms with E-state index in [0.717, 1.165) is 19.4 Å². The van der Waals surface area contributed by atoms with Crippen LogP contribution in [0.5, 0.6) is 0 Å². The van der Waals surface area contributed by atoms with Crippen LogP contribution in [0.25, 0.3) is 0 Å². The molecular weight excluding hydrogens is 152 g/mol. The van der Waals surface area contributed by atoms with Crippen LogP contribution in [0.1, 0.15) is 33.6 Å². The molecule has 0 aromatic carbocycles. The van der Waals surface area contributed by atoms with Crippen molar-refractivity contribution in [2.45, 2.75) is 45.8 Å². The van der Waals surface area contributed by atoms with Gasteiger partial charge in [-0.15, -0.1) is 0 Å². The molecule has 1 rings (SSSR count). The van der Waals surface area contributed by atoms with Crippen molar-refractivity contribution >= 4 is 0 Å². The summed E-state index contributed by atoms with van der Waals surface area (Å²) in [6.07, 6.45) is 2.29. The van der Waals surface area contributed by atoms with E-state index in [1.807, 2.05) is 0 Å². The van der Waals surface area contributed by atoms with Gasteiger partial charge in [-0.3, -0.25) is 0 Å². The summed E-state index contributed by atoms with van der Waals surface area (Å²) in [4.78, 5) is 0. The van der Waals surface area contributed by atoms with Crippen molar-refractivity contribution in [1.29, 1.82) is 0 Å². The van der Waals surface area contributed by atoms with Gasteiger partial charge in [0.15, 0.2) is 0 Å². The highest BCUT2D eigenvalue weighted by Gasteiger charge is 2.31. The predicted octanol–water partition coefficient (Wildman–Crippen LogP) is 1.82. The minimum absolute atomic E-state index is 0.0919. The van der Waals surface area contributed by atoms with E-state index in [-0.39, 0.29) is 6.10 Å². The van der Waals surface area contributed by atoms with Crippen molar-refractivity contribution in [3.8, 4) is 0 Å². The van der Waals surface area contributed by atoms with Crippen LogP contribution < -0.4 is 0 Å². The molecule has 3 unspecified atom stereocenters. The van der Waals surface area contributed by atoms with E-state index in [1.54, 1.807) is 0 Å². The molecule has 0 aromatic heterocycles. The number of hydrogen-bond acceptors (Lipinski definition) is 2. The Hall–Kier alpha value is -0.0800. The molecule has 0 radical (unpaired) electrons. The molecule has 72 valence electrons. The van der Waals surface area contributed by atoms with Crippen molar-refractivity contribution in [1.82, 2.24) is 0 Å². The summed E-state index contributed by atoms with van der Waals surface area (Å²) in [7, 11) is 0. The minimum Gasteiger partial charge on any atom is -0.393 e. The first-order chi connectivity index (χ1) is 5.61. The highest BCUT2D eigenvalue weighted by molar-refractivity contribution is 4.81. The van der Waals surface area contributed by atoms with Crippen LogP contribution in [0, 0.1) is 11.8 Å². The van der Waals surface area contributed by atoms with Gasteiger partial charge in [-0.05, 0) is 38.5 Å². The molecule has 2 heteroatoms. The molecule has 0 bridgehead atoms.